The second-order valence-electron chi connectivity index (χ2n) is 17.9. The Kier molecular flexibility index (Phi) is 9.84. The fraction of sp³-hybridized carbons (Fsp3) is 0.175. The second kappa shape index (κ2) is 18.1. The van der Waals surface area contributed by atoms with Crippen LogP contribution in [0.5, 0.6) is 0 Å². The van der Waals surface area contributed by atoms with Crippen LogP contribution in [0.2, 0.25) is 17.3 Å². The predicted octanol–water partition coefficient (Wildman–Crippen LogP) is 14.6. The summed E-state index contributed by atoms with van der Waals surface area (Å²) in [5.41, 5.74) is 6.71. The predicted molar refractivity (Wildman–Crippen MR) is 266 cm³/mol. The van der Waals surface area contributed by atoms with Gasteiger partial charge in [0.1, 0.15) is 11.4 Å². The quantitative estimate of drug-likeness (QED) is 0.123. The number of aromatic nitrogens is 4. The Balaban J connectivity index is 0.000000365. The van der Waals surface area contributed by atoms with E-state index in [1.54, 1.807) is 24.3 Å². The van der Waals surface area contributed by atoms with Crippen molar-refractivity contribution in [2.45, 2.75) is 64.0 Å². The van der Waals surface area contributed by atoms with E-state index in [-0.39, 0.29) is 31.1 Å². The van der Waals surface area contributed by atoms with Crippen molar-refractivity contribution in [1.82, 2.24) is 19.5 Å². The summed E-state index contributed by atoms with van der Waals surface area (Å²) in [4.78, 5) is 14.3. The molecule has 4 aromatic heterocycles. The molecule has 0 spiro atoms. The van der Waals surface area contributed by atoms with Gasteiger partial charge in [-0.1, -0.05) is 87.0 Å². The number of hydrogen-bond acceptors (Lipinski definition) is 4. The third-order valence-corrected chi connectivity index (χ3v) is 15.6. The van der Waals surface area contributed by atoms with Crippen LogP contribution in [-0.2, 0) is 25.5 Å². The minimum absolute atomic E-state index is 0. The Hall–Kier alpha value is -5.99. The van der Waals surface area contributed by atoms with Crippen molar-refractivity contribution in [3.63, 3.8) is 0 Å². The van der Waals surface area contributed by atoms with Gasteiger partial charge in [-0.2, -0.15) is 0 Å². The van der Waals surface area contributed by atoms with Crippen molar-refractivity contribution in [2.24, 2.45) is 0 Å². The first kappa shape index (κ1) is 35.3. The molecule has 0 fully saturated rings. The van der Waals surface area contributed by atoms with Crippen LogP contribution in [0.1, 0.15) is 55.4 Å². The van der Waals surface area contributed by atoms with Crippen LogP contribution in [0.25, 0.3) is 83.7 Å². The molecule has 1 radical (unpaired) electrons. The summed E-state index contributed by atoms with van der Waals surface area (Å²) in [6.07, 6.45) is 3.50. The third kappa shape index (κ3) is 9.02. The molecule has 5 nitrogen and oxygen atoms in total. The molecule has 8 heteroatoms. The molecule has 0 aliphatic heterocycles. The van der Waals surface area contributed by atoms with Gasteiger partial charge in [0, 0.05) is 49.8 Å². The van der Waals surface area contributed by atoms with Crippen LogP contribution in [0.15, 0.2) is 150 Å². The van der Waals surface area contributed by atoms with Crippen molar-refractivity contribution in [3.05, 3.63) is 186 Å². The summed E-state index contributed by atoms with van der Waals surface area (Å²) in [5.74, 6) is 7.16. The number of rotatable bonds is 6. The summed E-state index contributed by atoms with van der Waals surface area (Å²) in [6.45, 7) is -2.50. The molecule has 0 bridgehead atoms. The maximum atomic E-state index is 15.2. The Bertz CT molecular complexity index is 3640. The van der Waals surface area contributed by atoms with E-state index in [1.165, 1.54) is 34.9 Å². The van der Waals surface area contributed by atoms with Gasteiger partial charge < -0.3 is 8.98 Å². The number of benzene rings is 6. The number of fused-ring (bicyclic) bond motifs is 4. The first-order valence-corrected chi connectivity index (χ1v) is 28.4. The summed E-state index contributed by atoms with van der Waals surface area (Å²) in [7, 11) is 0. The first-order chi connectivity index (χ1) is 34.3. The molecule has 0 saturated carbocycles. The van der Waals surface area contributed by atoms with Crippen LogP contribution in [0.4, 0.5) is 4.39 Å². The van der Waals surface area contributed by atoms with Gasteiger partial charge in [0.25, 0.3) is 0 Å². The number of halogens is 1. The topological polar surface area (TPSA) is 56.7 Å². The Labute approximate surface area is 410 Å². The molecule has 4 heterocycles. The van der Waals surface area contributed by atoms with Crippen LogP contribution < -0.4 is 4.40 Å². The van der Waals surface area contributed by atoms with Crippen molar-refractivity contribution < 1.29 is 41.2 Å². The van der Waals surface area contributed by atoms with E-state index < -0.39 is 56.3 Å². The van der Waals surface area contributed by atoms with E-state index in [0.29, 0.717) is 50.1 Å². The number of nitrogens with zero attached hydrogens (tertiary/aromatic N) is 4. The minimum Gasteiger partial charge on any atom is 0 e. The standard InChI is InChI=1S/C43H35FN3O.C14H16GeN.Ir/c1-25-20-29(21-26(2)27(25)3)30-22-38-39(45-24-30)33-15-10-16-34(41(33)48-38)42-46-36-19-18-31(44)23-37(36)47(42)40-32(28-12-8-7-9-13-28)14-11-17-35(40)43(4,5)6;1-15(2,3)13-9-10-14(16-11-13)12-7-5-4-6-8-12;/h7-15,17-24H,1-6H3;4-7,9-11H,1-3H3;/q2*-1;/i1D3,2D3,3D3;;. The Morgan fingerprint density at radius 1 is 0.723 bits per heavy atom. The Morgan fingerprint density at radius 2 is 1.51 bits per heavy atom. The maximum absolute atomic E-state index is 15.2. The van der Waals surface area contributed by atoms with Gasteiger partial charge in [-0.15, -0.1) is 18.2 Å². The normalized spacial score (nSPS) is 14.4. The molecule has 10 aromatic rings. The molecule has 6 aromatic carbocycles. The van der Waals surface area contributed by atoms with Gasteiger partial charge in [0.05, 0.1) is 33.6 Å². The molecule has 0 saturated heterocycles. The fourth-order valence-electron chi connectivity index (χ4n) is 7.98. The van der Waals surface area contributed by atoms with Crippen LogP contribution in [-0.4, -0.2) is 32.8 Å². The van der Waals surface area contributed by atoms with Crippen LogP contribution in [0, 0.1) is 38.5 Å². The molecule has 327 valence electrons. The zero-order valence-corrected chi connectivity index (χ0v) is 41.3. The third-order valence-electron chi connectivity index (χ3n) is 11.3. The zero-order valence-electron chi connectivity index (χ0n) is 45.8. The van der Waals surface area contributed by atoms with E-state index in [0.717, 1.165) is 33.6 Å². The van der Waals surface area contributed by atoms with E-state index in [1.807, 2.05) is 77.5 Å². The fourth-order valence-corrected chi connectivity index (χ4v) is 10.1. The molecule has 0 aliphatic rings. The van der Waals surface area contributed by atoms with Crippen molar-refractivity contribution in [2.75, 3.05) is 0 Å². The van der Waals surface area contributed by atoms with Gasteiger partial charge in [0.15, 0.2) is 0 Å². The molecule has 0 N–H and O–H groups in total. The summed E-state index contributed by atoms with van der Waals surface area (Å²) in [5, 5.41) is 0.617. The number of imidazole rings is 1. The number of furan rings is 1. The molecule has 0 atom stereocenters. The molecule has 0 unspecified atom stereocenters. The molecule has 65 heavy (non-hydrogen) atoms. The molecule has 0 aliphatic carbocycles. The summed E-state index contributed by atoms with van der Waals surface area (Å²) >= 11 is -1.72. The average molecular weight is 1100 g/mol. The summed E-state index contributed by atoms with van der Waals surface area (Å²) in [6, 6.07) is 46.9. The number of para-hydroxylation sites is 1. The zero-order chi connectivity index (χ0) is 52.4. The average Bonchev–Trinajstić information content (AvgIpc) is 3.90. The van der Waals surface area contributed by atoms with E-state index in [2.05, 4.69) is 73.4 Å². The largest absolute Gasteiger partial charge is 0 e. The smallest absolute Gasteiger partial charge is 0 e. The monoisotopic (exact) mass is 1100 g/mol. The van der Waals surface area contributed by atoms with E-state index in [4.69, 9.17) is 26.7 Å². The molecular formula is C57H51FGeIrN4O-2. The van der Waals surface area contributed by atoms with Gasteiger partial charge >= 0.3 is 99.8 Å². The second-order valence-corrected chi connectivity index (χ2v) is 28.5. The van der Waals surface area contributed by atoms with Crippen LogP contribution in [0.3, 0.4) is 0 Å². The van der Waals surface area contributed by atoms with Crippen molar-refractivity contribution >= 4 is 50.8 Å². The van der Waals surface area contributed by atoms with Gasteiger partial charge in [-0.25, -0.2) is 4.39 Å². The van der Waals surface area contributed by atoms with Crippen molar-refractivity contribution in [3.8, 4) is 50.6 Å². The Morgan fingerprint density at radius 3 is 2.18 bits per heavy atom. The SMILES string of the molecule is [2H]C([2H])([2H])c1cc(-c2cnc3c(c2)oc2c(-c4nc5ccc(F)cc5n4-c4c(-c5ccccc5)cccc4C(C)(C)C)[c-]ccc23)cc(C([2H])([2H])[2H])c1C([2H])([2H])[2H].[CH3][Ge]([CH3])([CH3])[c]1ccc(-c2[c-]cccc2)nc1.[Ir]. The summed E-state index contributed by atoms with van der Waals surface area (Å²) < 4.78 is 98.1. The molecule has 0 amide bonds. The van der Waals surface area contributed by atoms with Crippen LogP contribution >= 0.6 is 0 Å². The van der Waals surface area contributed by atoms with Crippen molar-refractivity contribution in [1.29, 1.82) is 0 Å². The first-order valence-electron chi connectivity index (χ1n) is 25.5. The number of pyridine rings is 2. The molecular weight excluding hydrogens is 1040 g/mol. The number of aryl methyl sites for hydroxylation is 2. The maximum Gasteiger partial charge on any atom is 0 e. The minimum atomic E-state index is -3.00. The number of hydrogen-bond donors (Lipinski definition) is 0. The van der Waals surface area contributed by atoms with Gasteiger partial charge in [-0.3, -0.25) is 9.97 Å². The van der Waals surface area contributed by atoms with E-state index in [9.17, 15) is 0 Å². The molecule has 10 rings (SSSR count). The van der Waals surface area contributed by atoms with Gasteiger partial charge in [0.2, 0.25) is 0 Å². The van der Waals surface area contributed by atoms with Gasteiger partial charge in [-0.05, 0) is 89.0 Å². The van der Waals surface area contributed by atoms with E-state index >= 15 is 4.39 Å².